The lowest BCUT2D eigenvalue weighted by Gasteiger charge is -2.30. The van der Waals surface area contributed by atoms with E-state index in [1.54, 1.807) is 12.1 Å². The summed E-state index contributed by atoms with van der Waals surface area (Å²) in [7, 11) is -4.25. The van der Waals surface area contributed by atoms with E-state index in [0.29, 0.717) is 6.42 Å². The standard InChI is InChI=1S/C29H33NO7S/c1-3-23(19-31)18-30(22(2)28(32)36-20-24-11-6-4-7-12-24)38(34,35)27-16-10-15-26(17-27)29(33)37-21-25-13-8-5-9-14-25/h4-17,22-23,31H,3,18-21H2,1-2H3/t22-,23?/m0/s1. The van der Waals surface area contributed by atoms with E-state index in [-0.39, 0.29) is 36.8 Å². The molecule has 38 heavy (non-hydrogen) atoms. The molecule has 1 N–H and O–H groups in total. The van der Waals surface area contributed by atoms with Gasteiger partial charge in [-0.3, -0.25) is 4.79 Å². The fraction of sp³-hybridized carbons (Fsp3) is 0.310. The lowest BCUT2D eigenvalue weighted by atomic mass is 10.1. The van der Waals surface area contributed by atoms with Crippen molar-refractivity contribution < 1.29 is 32.6 Å². The van der Waals surface area contributed by atoms with Crippen molar-refractivity contribution in [3.63, 3.8) is 0 Å². The third kappa shape index (κ3) is 7.74. The van der Waals surface area contributed by atoms with E-state index in [2.05, 4.69) is 0 Å². The minimum absolute atomic E-state index is 0.00214. The maximum absolute atomic E-state index is 13.8. The molecular weight excluding hydrogens is 506 g/mol. The van der Waals surface area contributed by atoms with Crippen LogP contribution in [0.5, 0.6) is 0 Å². The zero-order valence-electron chi connectivity index (χ0n) is 21.5. The van der Waals surface area contributed by atoms with Gasteiger partial charge in [0.1, 0.15) is 19.3 Å². The number of sulfonamides is 1. The molecule has 0 aliphatic rings. The van der Waals surface area contributed by atoms with Crippen LogP contribution in [-0.4, -0.2) is 49.0 Å². The number of aliphatic hydroxyl groups is 1. The Morgan fingerprint density at radius 2 is 1.45 bits per heavy atom. The van der Waals surface area contributed by atoms with Gasteiger partial charge in [0, 0.05) is 13.2 Å². The van der Waals surface area contributed by atoms with Gasteiger partial charge < -0.3 is 14.6 Å². The van der Waals surface area contributed by atoms with E-state index in [1.807, 2.05) is 55.5 Å². The van der Waals surface area contributed by atoms with Gasteiger partial charge in [-0.25, -0.2) is 13.2 Å². The van der Waals surface area contributed by atoms with Crippen LogP contribution in [0.3, 0.4) is 0 Å². The Hall–Kier alpha value is -3.53. The molecule has 0 saturated carbocycles. The van der Waals surface area contributed by atoms with Crippen molar-refractivity contribution in [1.82, 2.24) is 4.31 Å². The number of ether oxygens (including phenoxy) is 2. The minimum Gasteiger partial charge on any atom is -0.460 e. The van der Waals surface area contributed by atoms with Crippen LogP contribution in [0, 0.1) is 5.92 Å². The summed E-state index contributed by atoms with van der Waals surface area (Å²) >= 11 is 0. The Morgan fingerprint density at radius 1 is 0.868 bits per heavy atom. The average Bonchev–Trinajstić information content (AvgIpc) is 2.96. The molecule has 2 atom stereocenters. The van der Waals surface area contributed by atoms with Gasteiger partial charge in [-0.2, -0.15) is 4.31 Å². The molecule has 3 aromatic carbocycles. The zero-order valence-corrected chi connectivity index (χ0v) is 22.3. The van der Waals surface area contributed by atoms with E-state index in [9.17, 15) is 23.1 Å². The van der Waals surface area contributed by atoms with Crippen LogP contribution in [0.25, 0.3) is 0 Å². The molecule has 3 aromatic rings. The fourth-order valence-corrected chi connectivity index (χ4v) is 5.43. The van der Waals surface area contributed by atoms with Crippen LogP contribution >= 0.6 is 0 Å². The molecule has 0 radical (unpaired) electrons. The molecule has 3 rings (SSSR count). The monoisotopic (exact) mass is 539 g/mol. The number of carbonyl (C=O) groups is 2. The maximum Gasteiger partial charge on any atom is 0.338 e. The first-order chi connectivity index (χ1) is 18.3. The minimum atomic E-state index is -4.25. The average molecular weight is 540 g/mol. The molecule has 0 bridgehead atoms. The SMILES string of the molecule is CCC(CO)CN([C@@H](C)C(=O)OCc1ccccc1)S(=O)(=O)c1cccc(C(=O)OCc2ccccc2)c1. The van der Waals surface area contributed by atoms with Crippen molar-refractivity contribution in [2.24, 2.45) is 5.92 Å². The van der Waals surface area contributed by atoms with Crippen LogP contribution in [0.15, 0.2) is 89.8 Å². The van der Waals surface area contributed by atoms with Gasteiger partial charge in [-0.05, 0) is 48.6 Å². The fourth-order valence-electron chi connectivity index (χ4n) is 3.73. The molecule has 0 spiro atoms. The summed E-state index contributed by atoms with van der Waals surface area (Å²) in [5.74, 6) is -1.79. The Kier molecular flexibility index (Phi) is 10.6. The van der Waals surface area contributed by atoms with Crippen molar-refractivity contribution in [2.75, 3.05) is 13.2 Å². The van der Waals surface area contributed by atoms with Gasteiger partial charge in [-0.1, -0.05) is 73.7 Å². The van der Waals surface area contributed by atoms with E-state index in [4.69, 9.17) is 9.47 Å². The second-order valence-corrected chi connectivity index (χ2v) is 10.8. The summed E-state index contributed by atoms with van der Waals surface area (Å²) in [4.78, 5) is 25.4. The van der Waals surface area contributed by atoms with Gasteiger partial charge in [0.05, 0.1) is 10.5 Å². The highest BCUT2D eigenvalue weighted by atomic mass is 32.2. The largest absolute Gasteiger partial charge is 0.460 e. The number of carbonyl (C=O) groups excluding carboxylic acids is 2. The van der Waals surface area contributed by atoms with Crippen LogP contribution in [0.2, 0.25) is 0 Å². The Balaban J connectivity index is 1.82. The zero-order chi connectivity index (χ0) is 27.5. The van der Waals surface area contributed by atoms with Crippen molar-refractivity contribution in [1.29, 1.82) is 0 Å². The lowest BCUT2D eigenvalue weighted by molar-refractivity contribution is -0.149. The molecule has 0 saturated heterocycles. The molecule has 8 nitrogen and oxygen atoms in total. The molecule has 0 aliphatic carbocycles. The topological polar surface area (TPSA) is 110 Å². The van der Waals surface area contributed by atoms with Gasteiger partial charge in [0.2, 0.25) is 10.0 Å². The molecular formula is C29H33NO7S. The molecule has 0 amide bonds. The third-order valence-corrected chi connectivity index (χ3v) is 8.09. The van der Waals surface area contributed by atoms with Crippen LogP contribution in [0.4, 0.5) is 0 Å². The highest BCUT2D eigenvalue weighted by Crippen LogP contribution is 2.23. The van der Waals surface area contributed by atoms with E-state index in [1.165, 1.54) is 31.2 Å². The van der Waals surface area contributed by atoms with Crippen molar-refractivity contribution in [3.05, 3.63) is 102 Å². The van der Waals surface area contributed by atoms with E-state index in [0.717, 1.165) is 15.4 Å². The number of benzene rings is 3. The summed E-state index contributed by atoms with van der Waals surface area (Å²) in [6.07, 6.45) is 0.500. The number of rotatable bonds is 13. The van der Waals surface area contributed by atoms with E-state index >= 15 is 0 Å². The Bertz CT molecular complexity index is 1290. The summed E-state index contributed by atoms with van der Waals surface area (Å²) in [5, 5.41) is 9.75. The van der Waals surface area contributed by atoms with Crippen LogP contribution < -0.4 is 0 Å². The molecule has 1 unspecified atom stereocenters. The summed E-state index contributed by atoms with van der Waals surface area (Å²) in [6, 6.07) is 22.5. The number of hydrogen-bond acceptors (Lipinski definition) is 7. The second kappa shape index (κ2) is 13.9. The first-order valence-electron chi connectivity index (χ1n) is 12.4. The summed E-state index contributed by atoms with van der Waals surface area (Å²) in [6.45, 7) is 2.97. The van der Waals surface area contributed by atoms with Gasteiger partial charge in [0.25, 0.3) is 0 Å². The molecule has 9 heteroatoms. The van der Waals surface area contributed by atoms with Gasteiger partial charge in [-0.15, -0.1) is 0 Å². The Labute approximate surface area is 223 Å². The molecule has 202 valence electrons. The molecule has 0 fully saturated rings. The quantitative estimate of drug-likeness (QED) is 0.325. The number of esters is 2. The van der Waals surface area contributed by atoms with Crippen LogP contribution in [-0.2, 0) is 37.5 Å². The number of nitrogens with zero attached hydrogens (tertiary/aromatic N) is 1. The first kappa shape index (κ1) is 29.0. The molecule has 0 heterocycles. The van der Waals surface area contributed by atoms with Gasteiger partial charge in [0.15, 0.2) is 0 Å². The van der Waals surface area contributed by atoms with Gasteiger partial charge >= 0.3 is 11.9 Å². The van der Waals surface area contributed by atoms with Crippen molar-refractivity contribution in [2.45, 2.75) is 44.4 Å². The molecule has 0 aromatic heterocycles. The summed E-state index contributed by atoms with van der Waals surface area (Å²) in [5.41, 5.74) is 1.63. The maximum atomic E-state index is 13.8. The number of hydrogen-bond donors (Lipinski definition) is 1. The summed E-state index contributed by atoms with van der Waals surface area (Å²) < 4.78 is 39.3. The molecule has 0 aliphatic heterocycles. The second-order valence-electron chi connectivity index (χ2n) is 8.89. The van der Waals surface area contributed by atoms with E-state index < -0.39 is 33.9 Å². The number of aliphatic hydroxyl groups excluding tert-OH is 1. The third-order valence-electron chi connectivity index (χ3n) is 6.16. The highest BCUT2D eigenvalue weighted by molar-refractivity contribution is 7.89. The first-order valence-corrected chi connectivity index (χ1v) is 13.8. The van der Waals surface area contributed by atoms with Crippen molar-refractivity contribution >= 4 is 22.0 Å². The normalized spacial score (nSPS) is 13.1. The smallest absolute Gasteiger partial charge is 0.338 e. The van der Waals surface area contributed by atoms with Crippen molar-refractivity contribution in [3.8, 4) is 0 Å². The lowest BCUT2D eigenvalue weighted by Crippen LogP contribution is -2.46. The predicted octanol–water partition coefficient (Wildman–Crippen LogP) is 4.18. The highest BCUT2D eigenvalue weighted by Gasteiger charge is 2.35. The Morgan fingerprint density at radius 3 is 2.00 bits per heavy atom. The predicted molar refractivity (Wildman–Crippen MR) is 142 cm³/mol. The van der Waals surface area contributed by atoms with Crippen LogP contribution in [0.1, 0.15) is 41.8 Å².